The number of aromatic nitrogens is 1. The van der Waals surface area contributed by atoms with Gasteiger partial charge in [-0.15, -0.1) is 0 Å². The van der Waals surface area contributed by atoms with Gasteiger partial charge < -0.3 is 10.6 Å². The summed E-state index contributed by atoms with van der Waals surface area (Å²) in [5, 5.41) is 2.48. The molecule has 3 heteroatoms. The van der Waals surface area contributed by atoms with Gasteiger partial charge in [-0.3, -0.25) is 0 Å². The van der Waals surface area contributed by atoms with E-state index in [0.717, 1.165) is 24.5 Å². The smallest absolute Gasteiger partial charge is 0.136 e. The van der Waals surface area contributed by atoms with Gasteiger partial charge in [-0.1, -0.05) is 24.3 Å². The Hall–Kier alpha value is -1.61. The van der Waals surface area contributed by atoms with Crippen LogP contribution in [0.1, 0.15) is 18.4 Å². The third-order valence-corrected chi connectivity index (χ3v) is 3.48. The van der Waals surface area contributed by atoms with Crippen LogP contribution in [0.15, 0.2) is 30.5 Å². The van der Waals surface area contributed by atoms with Crippen molar-refractivity contribution in [2.45, 2.75) is 19.4 Å². The molecule has 0 unspecified atom stereocenters. The maximum Gasteiger partial charge on any atom is 0.136 e. The van der Waals surface area contributed by atoms with Gasteiger partial charge >= 0.3 is 0 Å². The minimum absolute atomic E-state index is 0.549. The van der Waals surface area contributed by atoms with E-state index >= 15 is 0 Å². The van der Waals surface area contributed by atoms with Gasteiger partial charge in [-0.25, -0.2) is 4.98 Å². The molecule has 88 valence electrons. The molecule has 0 saturated carbocycles. The Bertz CT molecular complexity index is 530. The molecule has 1 aliphatic heterocycles. The second-order valence-corrected chi connectivity index (χ2v) is 4.55. The largest absolute Gasteiger partial charge is 0.356 e. The number of hydrogen-bond donors (Lipinski definition) is 1. The monoisotopic (exact) mass is 227 g/mol. The Morgan fingerprint density at radius 1 is 1.12 bits per heavy atom. The zero-order chi connectivity index (χ0) is 11.7. The van der Waals surface area contributed by atoms with Crippen molar-refractivity contribution in [2.24, 2.45) is 5.73 Å². The summed E-state index contributed by atoms with van der Waals surface area (Å²) in [5.74, 6) is 1.12. The Kier molecular flexibility index (Phi) is 2.69. The van der Waals surface area contributed by atoms with Crippen molar-refractivity contribution in [3.63, 3.8) is 0 Å². The zero-order valence-corrected chi connectivity index (χ0v) is 9.89. The SMILES string of the molecule is NCc1cnc(N2CCCC2)c2ccccc12. The highest BCUT2D eigenvalue weighted by Crippen LogP contribution is 2.28. The average Bonchev–Trinajstić information content (AvgIpc) is 2.91. The second-order valence-electron chi connectivity index (χ2n) is 4.55. The lowest BCUT2D eigenvalue weighted by atomic mass is 10.1. The molecule has 0 amide bonds. The van der Waals surface area contributed by atoms with Crippen LogP contribution in [0.5, 0.6) is 0 Å². The highest BCUT2D eigenvalue weighted by molar-refractivity contribution is 5.94. The molecule has 1 aromatic heterocycles. The van der Waals surface area contributed by atoms with Crippen molar-refractivity contribution in [1.82, 2.24) is 4.98 Å². The summed E-state index contributed by atoms with van der Waals surface area (Å²) in [6.07, 6.45) is 4.47. The summed E-state index contributed by atoms with van der Waals surface area (Å²) in [4.78, 5) is 6.98. The number of fused-ring (bicyclic) bond motifs is 1. The summed E-state index contributed by atoms with van der Waals surface area (Å²) in [5.41, 5.74) is 6.89. The first kappa shape index (κ1) is 10.5. The van der Waals surface area contributed by atoms with Crippen LogP contribution in [0.4, 0.5) is 5.82 Å². The molecule has 17 heavy (non-hydrogen) atoms. The molecule has 1 fully saturated rings. The summed E-state index contributed by atoms with van der Waals surface area (Å²) >= 11 is 0. The molecule has 0 bridgehead atoms. The van der Waals surface area contributed by atoms with Gasteiger partial charge in [0.1, 0.15) is 5.82 Å². The van der Waals surface area contributed by atoms with E-state index in [9.17, 15) is 0 Å². The van der Waals surface area contributed by atoms with E-state index in [1.54, 1.807) is 0 Å². The van der Waals surface area contributed by atoms with Crippen LogP contribution >= 0.6 is 0 Å². The molecule has 2 heterocycles. The van der Waals surface area contributed by atoms with Crippen molar-refractivity contribution in [3.05, 3.63) is 36.0 Å². The second kappa shape index (κ2) is 4.34. The topological polar surface area (TPSA) is 42.1 Å². The minimum Gasteiger partial charge on any atom is -0.356 e. The molecule has 3 nitrogen and oxygen atoms in total. The average molecular weight is 227 g/mol. The normalized spacial score (nSPS) is 15.7. The van der Waals surface area contributed by atoms with Gasteiger partial charge in [0.05, 0.1) is 0 Å². The first-order valence-electron chi connectivity index (χ1n) is 6.22. The summed E-state index contributed by atoms with van der Waals surface area (Å²) in [7, 11) is 0. The fraction of sp³-hybridized carbons (Fsp3) is 0.357. The van der Waals surface area contributed by atoms with Crippen LogP contribution in [0.25, 0.3) is 10.8 Å². The third kappa shape index (κ3) is 1.76. The molecule has 0 spiro atoms. The van der Waals surface area contributed by atoms with E-state index in [1.807, 2.05) is 6.20 Å². The summed E-state index contributed by atoms with van der Waals surface area (Å²) in [6, 6.07) is 8.42. The lowest BCUT2D eigenvalue weighted by Crippen LogP contribution is -2.19. The predicted octanol–water partition coefficient (Wildman–Crippen LogP) is 2.29. The van der Waals surface area contributed by atoms with Crippen molar-refractivity contribution in [2.75, 3.05) is 18.0 Å². The highest BCUT2D eigenvalue weighted by atomic mass is 15.2. The molecule has 0 atom stereocenters. The highest BCUT2D eigenvalue weighted by Gasteiger charge is 2.16. The van der Waals surface area contributed by atoms with Gasteiger partial charge in [0.2, 0.25) is 0 Å². The molecular formula is C14H17N3. The summed E-state index contributed by atoms with van der Waals surface area (Å²) < 4.78 is 0. The molecule has 1 aliphatic rings. The van der Waals surface area contributed by atoms with E-state index in [2.05, 4.69) is 34.1 Å². The van der Waals surface area contributed by atoms with E-state index in [-0.39, 0.29) is 0 Å². The fourth-order valence-electron chi connectivity index (χ4n) is 2.58. The first-order valence-corrected chi connectivity index (χ1v) is 6.22. The number of hydrogen-bond acceptors (Lipinski definition) is 3. The Morgan fingerprint density at radius 2 is 1.82 bits per heavy atom. The Labute approximate surface area is 101 Å². The van der Waals surface area contributed by atoms with Crippen LogP contribution in [-0.4, -0.2) is 18.1 Å². The fourth-order valence-corrected chi connectivity index (χ4v) is 2.58. The number of nitrogens with zero attached hydrogens (tertiary/aromatic N) is 2. The number of anilines is 1. The van der Waals surface area contributed by atoms with Crippen molar-refractivity contribution in [3.8, 4) is 0 Å². The molecule has 2 N–H and O–H groups in total. The molecule has 0 aliphatic carbocycles. The number of pyridine rings is 1. The van der Waals surface area contributed by atoms with Gasteiger partial charge in [-0.05, 0) is 23.8 Å². The number of nitrogens with two attached hydrogens (primary N) is 1. The predicted molar refractivity (Wildman–Crippen MR) is 71.1 cm³/mol. The van der Waals surface area contributed by atoms with E-state index < -0.39 is 0 Å². The molecule has 1 saturated heterocycles. The van der Waals surface area contributed by atoms with Crippen LogP contribution in [0.2, 0.25) is 0 Å². The van der Waals surface area contributed by atoms with E-state index in [0.29, 0.717) is 6.54 Å². The Balaban J connectivity index is 2.19. The minimum atomic E-state index is 0.549. The molecular weight excluding hydrogens is 210 g/mol. The quantitative estimate of drug-likeness (QED) is 0.856. The maximum absolute atomic E-state index is 5.77. The van der Waals surface area contributed by atoms with Gasteiger partial charge in [0.15, 0.2) is 0 Å². The van der Waals surface area contributed by atoms with Gasteiger partial charge in [0.25, 0.3) is 0 Å². The first-order chi connectivity index (χ1) is 8.40. The van der Waals surface area contributed by atoms with Crippen molar-refractivity contribution in [1.29, 1.82) is 0 Å². The van der Waals surface area contributed by atoms with Crippen LogP contribution in [-0.2, 0) is 6.54 Å². The third-order valence-electron chi connectivity index (χ3n) is 3.48. The van der Waals surface area contributed by atoms with E-state index in [4.69, 9.17) is 5.73 Å². The number of rotatable bonds is 2. The molecule has 1 aromatic carbocycles. The standard InChI is InChI=1S/C14H17N3/c15-9-11-10-16-14(17-7-3-4-8-17)13-6-2-1-5-12(11)13/h1-2,5-6,10H,3-4,7-9,15H2. The maximum atomic E-state index is 5.77. The summed E-state index contributed by atoms with van der Waals surface area (Å²) in [6.45, 7) is 2.80. The van der Waals surface area contributed by atoms with Crippen LogP contribution < -0.4 is 10.6 Å². The number of benzene rings is 1. The van der Waals surface area contributed by atoms with Crippen LogP contribution in [0, 0.1) is 0 Å². The zero-order valence-electron chi connectivity index (χ0n) is 9.89. The molecule has 0 radical (unpaired) electrons. The van der Waals surface area contributed by atoms with Crippen molar-refractivity contribution >= 4 is 16.6 Å². The Morgan fingerprint density at radius 3 is 2.53 bits per heavy atom. The van der Waals surface area contributed by atoms with Gasteiger partial charge in [-0.2, -0.15) is 0 Å². The molecule has 3 rings (SSSR count). The van der Waals surface area contributed by atoms with Crippen LogP contribution in [0.3, 0.4) is 0 Å². The van der Waals surface area contributed by atoms with E-state index in [1.165, 1.54) is 23.6 Å². The lowest BCUT2D eigenvalue weighted by Gasteiger charge is -2.19. The van der Waals surface area contributed by atoms with Gasteiger partial charge in [0, 0.05) is 31.2 Å². The lowest BCUT2D eigenvalue weighted by molar-refractivity contribution is 0.940. The van der Waals surface area contributed by atoms with Crippen molar-refractivity contribution < 1.29 is 0 Å². The molecule has 2 aromatic rings.